The molecule has 4 nitrogen and oxygen atoms in total. The van der Waals surface area contributed by atoms with Gasteiger partial charge >= 0.3 is 0 Å². The minimum Gasteiger partial charge on any atom is -0.484 e. The highest BCUT2D eigenvalue weighted by Crippen LogP contribution is 2.29. The Hall–Kier alpha value is -1.75. The molecule has 0 unspecified atom stereocenters. The SMILES string of the molecule is O=C(COc1ccc(Cl)cc1)N(c1ccc(Cl)cc1)[C@H]1C[NH+]2CCC1CC2. The maximum Gasteiger partial charge on any atom is 0.265 e. The van der Waals surface area contributed by atoms with Gasteiger partial charge in [-0.15, -0.1) is 0 Å². The molecule has 0 aromatic heterocycles. The van der Waals surface area contributed by atoms with Crippen LogP contribution in [-0.4, -0.2) is 38.2 Å². The number of quaternary nitrogens is 1. The summed E-state index contributed by atoms with van der Waals surface area (Å²) in [6, 6.07) is 14.8. The van der Waals surface area contributed by atoms with E-state index in [1.165, 1.54) is 25.9 Å². The molecule has 2 bridgehead atoms. The smallest absolute Gasteiger partial charge is 0.265 e. The van der Waals surface area contributed by atoms with Crippen molar-refractivity contribution in [2.75, 3.05) is 31.1 Å². The fraction of sp³-hybridized carbons (Fsp3) is 0.381. The Morgan fingerprint density at radius 3 is 2.15 bits per heavy atom. The molecule has 3 heterocycles. The number of anilines is 1. The number of nitrogens with one attached hydrogen (secondary N) is 1. The van der Waals surface area contributed by atoms with Crippen molar-refractivity contribution in [2.24, 2.45) is 5.92 Å². The largest absolute Gasteiger partial charge is 0.484 e. The molecule has 5 rings (SSSR count). The topological polar surface area (TPSA) is 34.0 Å². The number of rotatable bonds is 5. The maximum absolute atomic E-state index is 13.2. The van der Waals surface area contributed by atoms with E-state index in [0.717, 1.165) is 12.2 Å². The number of amides is 1. The van der Waals surface area contributed by atoms with Crippen molar-refractivity contribution in [3.63, 3.8) is 0 Å². The van der Waals surface area contributed by atoms with E-state index < -0.39 is 0 Å². The normalized spacial score (nSPS) is 23.9. The highest BCUT2D eigenvalue weighted by molar-refractivity contribution is 6.30. The monoisotopic (exact) mass is 405 g/mol. The summed E-state index contributed by atoms with van der Waals surface area (Å²) in [7, 11) is 0. The lowest BCUT2D eigenvalue weighted by molar-refractivity contribution is -0.917. The van der Waals surface area contributed by atoms with E-state index in [9.17, 15) is 4.79 Å². The van der Waals surface area contributed by atoms with Gasteiger partial charge in [-0.05, 0) is 54.4 Å². The third-order valence-electron chi connectivity index (χ3n) is 5.66. The molecule has 0 saturated carbocycles. The quantitative estimate of drug-likeness (QED) is 0.828. The van der Waals surface area contributed by atoms with Crippen molar-refractivity contribution < 1.29 is 14.4 Å². The first kappa shape index (κ1) is 18.6. The van der Waals surface area contributed by atoms with E-state index in [1.807, 2.05) is 29.2 Å². The van der Waals surface area contributed by atoms with Crippen LogP contribution in [-0.2, 0) is 4.79 Å². The highest BCUT2D eigenvalue weighted by atomic mass is 35.5. The molecule has 0 aliphatic carbocycles. The Bertz CT molecular complexity index is 787. The molecule has 2 aromatic rings. The molecule has 1 amide bonds. The molecule has 1 N–H and O–H groups in total. The standard InChI is InChI=1S/C21H22Cl2N2O2/c22-16-1-5-18(6-2-16)25(20-13-24-11-9-15(20)10-12-24)21(26)14-27-19-7-3-17(23)4-8-19/h1-8,15,20H,9-14H2/p+1/t20-/m0/s1. The van der Waals surface area contributed by atoms with Gasteiger partial charge in [-0.1, -0.05) is 23.2 Å². The molecule has 3 fully saturated rings. The van der Waals surface area contributed by atoms with Gasteiger partial charge in [0.2, 0.25) is 0 Å². The summed E-state index contributed by atoms with van der Waals surface area (Å²) in [5.41, 5.74) is 0.891. The summed E-state index contributed by atoms with van der Waals surface area (Å²) in [4.78, 5) is 16.7. The van der Waals surface area contributed by atoms with Crippen LogP contribution >= 0.6 is 23.2 Å². The van der Waals surface area contributed by atoms with E-state index in [2.05, 4.69) is 0 Å². The van der Waals surface area contributed by atoms with Crippen LogP contribution in [0, 0.1) is 5.92 Å². The minimum absolute atomic E-state index is 0.00279. The van der Waals surface area contributed by atoms with Gasteiger partial charge in [0, 0.05) is 28.6 Å². The number of hydrogen-bond acceptors (Lipinski definition) is 2. The Labute approximate surface area is 169 Å². The Balaban J connectivity index is 1.54. The van der Waals surface area contributed by atoms with Gasteiger partial charge in [0.25, 0.3) is 5.91 Å². The van der Waals surface area contributed by atoms with E-state index in [4.69, 9.17) is 27.9 Å². The van der Waals surface area contributed by atoms with Gasteiger partial charge in [0.15, 0.2) is 6.61 Å². The van der Waals surface area contributed by atoms with E-state index >= 15 is 0 Å². The number of nitrogens with zero attached hydrogens (tertiary/aromatic N) is 1. The maximum atomic E-state index is 13.2. The van der Waals surface area contributed by atoms with Gasteiger partial charge in [-0.3, -0.25) is 4.79 Å². The van der Waals surface area contributed by atoms with Gasteiger partial charge in [-0.2, -0.15) is 0 Å². The average Bonchev–Trinajstić information content (AvgIpc) is 2.70. The fourth-order valence-corrected chi connectivity index (χ4v) is 4.52. The lowest BCUT2D eigenvalue weighted by Crippen LogP contribution is -3.17. The minimum atomic E-state index is -0.0228. The second-order valence-corrected chi connectivity index (χ2v) is 8.21. The van der Waals surface area contributed by atoms with E-state index in [-0.39, 0.29) is 18.6 Å². The van der Waals surface area contributed by atoms with Crippen molar-refractivity contribution in [1.29, 1.82) is 0 Å². The third-order valence-corrected chi connectivity index (χ3v) is 6.16. The number of halogens is 2. The molecule has 6 heteroatoms. The van der Waals surface area contributed by atoms with Crippen LogP contribution < -0.4 is 14.5 Å². The number of piperidine rings is 3. The fourth-order valence-electron chi connectivity index (χ4n) is 4.27. The average molecular weight is 406 g/mol. The van der Waals surface area contributed by atoms with Crippen LogP contribution in [0.1, 0.15) is 12.8 Å². The number of hydrogen-bond donors (Lipinski definition) is 1. The van der Waals surface area contributed by atoms with Gasteiger partial charge in [-0.25, -0.2) is 0 Å². The van der Waals surface area contributed by atoms with E-state index in [0.29, 0.717) is 21.7 Å². The van der Waals surface area contributed by atoms with E-state index in [1.54, 1.807) is 29.2 Å². The molecule has 142 valence electrons. The summed E-state index contributed by atoms with van der Waals surface area (Å²) in [6.07, 6.45) is 2.35. The number of carbonyl (C=O) groups is 1. The molecular weight excluding hydrogens is 383 g/mol. The zero-order valence-corrected chi connectivity index (χ0v) is 16.5. The van der Waals surface area contributed by atoms with Crippen molar-refractivity contribution in [3.05, 3.63) is 58.6 Å². The van der Waals surface area contributed by atoms with Crippen LogP contribution in [0.5, 0.6) is 5.75 Å². The first-order chi connectivity index (χ1) is 13.1. The lowest BCUT2D eigenvalue weighted by atomic mass is 9.83. The second kappa shape index (κ2) is 8.09. The predicted molar refractivity (Wildman–Crippen MR) is 108 cm³/mol. The molecule has 1 atom stereocenters. The predicted octanol–water partition coefficient (Wildman–Crippen LogP) is 3.08. The summed E-state index contributed by atoms with van der Waals surface area (Å²) >= 11 is 12.0. The van der Waals surface area contributed by atoms with Crippen LogP contribution in [0.25, 0.3) is 0 Å². The lowest BCUT2D eigenvalue weighted by Gasteiger charge is -2.46. The van der Waals surface area contributed by atoms with Crippen molar-refractivity contribution in [2.45, 2.75) is 18.9 Å². The zero-order valence-electron chi connectivity index (χ0n) is 15.0. The summed E-state index contributed by atoms with van der Waals surface area (Å²) < 4.78 is 5.74. The second-order valence-electron chi connectivity index (χ2n) is 7.34. The molecule has 27 heavy (non-hydrogen) atoms. The van der Waals surface area contributed by atoms with Crippen molar-refractivity contribution in [3.8, 4) is 5.75 Å². The number of ether oxygens (including phenoxy) is 1. The third kappa shape index (κ3) is 4.23. The van der Waals surface area contributed by atoms with Crippen LogP contribution in [0.2, 0.25) is 10.0 Å². The Kier molecular flexibility index (Phi) is 5.58. The highest BCUT2D eigenvalue weighted by Gasteiger charge is 2.42. The summed E-state index contributed by atoms with van der Waals surface area (Å²) in [6.45, 7) is 3.43. The number of benzene rings is 2. The van der Waals surface area contributed by atoms with Gasteiger partial charge < -0.3 is 14.5 Å². The molecule has 3 aliphatic heterocycles. The van der Waals surface area contributed by atoms with Gasteiger partial charge in [0.05, 0.1) is 25.7 Å². The van der Waals surface area contributed by atoms with Crippen molar-refractivity contribution >= 4 is 34.8 Å². The van der Waals surface area contributed by atoms with Gasteiger partial charge in [0.1, 0.15) is 5.75 Å². The molecule has 0 radical (unpaired) electrons. The molecule has 3 saturated heterocycles. The summed E-state index contributed by atoms with van der Waals surface area (Å²) in [5, 5.41) is 1.31. The van der Waals surface area contributed by atoms with Crippen LogP contribution in [0.3, 0.4) is 0 Å². The Morgan fingerprint density at radius 2 is 1.59 bits per heavy atom. The number of fused-ring (bicyclic) bond motifs is 3. The first-order valence-electron chi connectivity index (χ1n) is 9.40. The number of carbonyl (C=O) groups excluding carboxylic acids is 1. The molecule has 0 spiro atoms. The molecule has 2 aromatic carbocycles. The molecular formula is C21H23Cl2N2O2+. The van der Waals surface area contributed by atoms with Crippen LogP contribution in [0.4, 0.5) is 5.69 Å². The zero-order chi connectivity index (χ0) is 18.8. The Morgan fingerprint density at radius 1 is 1.00 bits per heavy atom. The first-order valence-corrected chi connectivity index (χ1v) is 10.2. The van der Waals surface area contributed by atoms with Crippen LogP contribution in [0.15, 0.2) is 48.5 Å². The molecule has 3 aliphatic rings. The summed E-state index contributed by atoms with van der Waals surface area (Å²) in [5.74, 6) is 1.17. The van der Waals surface area contributed by atoms with Crippen molar-refractivity contribution in [1.82, 2.24) is 0 Å².